The van der Waals surface area contributed by atoms with Gasteiger partial charge in [-0.25, -0.2) is 4.98 Å². The van der Waals surface area contributed by atoms with E-state index in [-0.39, 0.29) is 5.56 Å². The van der Waals surface area contributed by atoms with Gasteiger partial charge in [-0.05, 0) is 48.0 Å². The van der Waals surface area contributed by atoms with Crippen molar-refractivity contribution in [2.24, 2.45) is 5.73 Å². The second-order valence-electron chi connectivity index (χ2n) is 7.38. The summed E-state index contributed by atoms with van der Waals surface area (Å²) >= 11 is 1.48. The van der Waals surface area contributed by atoms with Crippen LogP contribution >= 0.6 is 11.3 Å². The quantitative estimate of drug-likeness (QED) is 0.421. The fourth-order valence-electron chi connectivity index (χ4n) is 3.14. The van der Waals surface area contributed by atoms with Crippen molar-refractivity contribution in [3.8, 4) is 16.1 Å². The van der Waals surface area contributed by atoms with Crippen LogP contribution in [0.15, 0.2) is 71.3 Å². The maximum absolute atomic E-state index is 13.2. The van der Waals surface area contributed by atoms with Crippen LogP contribution < -0.4 is 21.7 Å². The van der Waals surface area contributed by atoms with Crippen molar-refractivity contribution in [2.45, 2.75) is 41.5 Å². The van der Waals surface area contributed by atoms with E-state index in [0.717, 1.165) is 37.7 Å². The molecule has 0 radical (unpaired) electrons. The van der Waals surface area contributed by atoms with E-state index < -0.39 is 0 Å². The maximum atomic E-state index is 13.2. The molecule has 4 aromatic rings. The first-order chi connectivity index (χ1) is 16.5. The summed E-state index contributed by atoms with van der Waals surface area (Å²) < 4.78 is 2.24. The van der Waals surface area contributed by atoms with Crippen LogP contribution in [0.5, 0.6) is 0 Å². The lowest BCUT2D eigenvalue weighted by Crippen LogP contribution is -2.26. The van der Waals surface area contributed by atoms with Gasteiger partial charge in [0, 0.05) is 11.4 Å². The average Bonchev–Trinajstić information content (AvgIpc) is 3.32. The van der Waals surface area contributed by atoms with Gasteiger partial charge in [0.2, 0.25) is 0 Å². The minimum absolute atomic E-state index is 0.0696. The predicted molar refractivity (Wildman–Crippen MR) is 150 cm³/mol. The van der Waals surface area contributed by atoms with Crippen LogP contribution in [0.2, 0.25) is 0 Å². The van der Waals surface area contributed by atoms with E-state index in [2.05, 4.69) is 42.8 Å². The third kappa shape index (κ3) is 6.19. The summed E-state index contributed by atoms with van der Waals surface area (Å²) in [5.74, 6) is 0. The van der Waals surface area contributed by atoms with Gasteiger partial charge in [0.15, 0.2) is 0 Å². The molecule has 4 rings (SSSR count). The van der Waals surface area contributed by atoms with Crippen LogP contribution in [0.3, 0.4) is 0 Å². The number of thiophene rings is 1. The van der Waals surface area contributed by atoms with E-state index in [4.69, 9.17) is 5.73 Å². The zero-order valence-electron chi connectivity index (χ0n) is 21.1. The standard InChI is InChI=1S/C25H23N3OS.2C2H6/c1-16-4-8-19(9-5-16)23-13-22-24(30-23)25(29)28(15-27-22)21-11-7-18(3)20(12-21)10-6-17(2)14-26;2*1-2/h4-13,15H,3,14,26H2,1-2H3;2*1-2H3/b17-6+,20-10-;;. The largest absolute Gasteiger partial charge is 0.327 e. The van der Waals surface area contributed by atoms with Crippen molar-refractivity contribution >= 4 is 34.2 Å². The average molecular weight is 474 g/mol. The molecule has 34 heavy (non-hydrogen) atoms. The third-order valence-electron chi connectivity index (χ3n) is 5.05. The van der Waals surface area contributed by atoms with Gasteiger partial charge in [-0.3, -0.25) is 9.36 Å². The van der Waals surface area contributed by atoms with E-state index in [9.17, 15) is 4.79 Å². The summed E-state index contributed by atoms with van der Waals surface area (Å²) in [6.07, 6.45) is 5.55. The minimum Gasteiger partial charge on any atom is -0.327 e. The van der Waals surface area contributed by atoms with Gasteiger partial charge in [0.1, 0.15) is 11.0 Å². The molecule has 2 aromatic carbocycles. The highest BCUT2D eigenvalue weighted by atomic mass is 32.1. The van der Waals surface area contributed by atoms with Crippen molar-refractivity contribution in [1.29, 1.82) is 0 Å². The summed E-state index contributed by atoms with van der Waals surface area (Å²) in [5, 5.41) is 1.83. The molecule has 0 spiro atoms. The molecular weight excluding hydrogens is 438 g/mol. The summed E-state index contributed by atoms with van der Waals surface area (Å²) in [6, 6.07) is 16.0. The molecule has 0 aliphatic carbocycles. The lowest BCUT2D eigenvalue weighted by Gasteiger charge is -2.05. The Morgan fingerprint density at radius 1 is 1.09 bits per heavy atom. The fraction of sp³-hybridized carbons (Fsp3) is 0.241. The maximum Gasteiger partial charge on any atom is 0.275 e. The molecule has 178 valence electrons. The van der Waals surface area contributed by atoms with Crippen LogP contribution in [-0.4, -0.2) is 16.1 Å². The molecule has 2 N–H and O–H groups in total. The number of fused-ring (bicyclic) bond motifs is 1. The van der Waals surface area contributed by atoms with Gasteiger partial charge < -0.3 is 5.73 Å². The van der Waals surface area contributed by atoms with Gasteiger partial charge >= 0.3 is 0 Å². The van der Waals surface area contributed by atoms with Crippen molar-refractivity contribution in [3.05, 3.63) is 92.9 Å². The van der Waals surface area contributed by atoms with E-state index >= 15 is 0 Å². The second kappa shape index (κ2) is 12.8. The number of hydrogen-bond acceptors (Lipinski definition) is 4. The number of benzene rings is 2. The third-order valence-corrected chi connectivity index (χ3v) is 6.21. The lowest BCUT2D eigenvalue weighted by molar-refractivity contribution is 0.964. The predicted octanol–water partition coefficient (Wildman–Crippen LogP) is 5.57. The van der Waals surface area contributed by atoms with Crippen LogP contribution in [0.25, 0.3) is 39.0 Å². The van der Waals surface area contributed by atoms with E-state index in [1.807, 2.05) is 71.0 Å². The van der Waals surface area contributed by atoms with Crippen LogP contribution in [0.4, 0.5) is 0 Å². The molecule has 2 aromatic heterocycles. The Hall–Kier alpha value is -3.28. The summed E-state index contributed by atoms with van der Waals surface area (Å²) in [5.41, 5.74) is 10.4. The SMILES string of the molecule is C=c1ccc(-n2cnc3cc(-c4ccc(C)cc4)sc3c2=O)c/c1=C/C=C(\C)CN.CC.CC. The van der Waals surface area contributed by atoms with Gasteiger partial charge in [0.25, 0.3) is 5.56 Å². The fourth-order valence-corrected chi connectivity index (χ4v) is 4.19. The first-order valence-electron chi connectivity index (χ1n) is 11.7. The van der Waals surface area contributed by atoms with E-state index in [1.165, 1.54) is 16.9 Å². The lowest BCUT2D eigenvalue weighted by atomic mass is 10.1. The zero-order valence-corrected chi connectivity index (χ0v) is 21.9. The molecule has 4 nitrogen and oxygen atoms in total. The molecule has 0 aliphatic heterocycles. The highest BCUT2D eigenvalue weighted by Gasteiger charge is 2.11. The van der Waals surface area contributed by atoms with Crippen molar-refractivity contribution in [3.63, 3.8) is 0 Å². The van der Waals surface area contributed by atoms with Crippen molar-refractivity contribution in [2.75, 3.05) is 6.54 Å². The molecule has 0 saturated carbocycles. The number of aromatic nitrogens is 2. The van der Waals surface area contributed by atoms with Gasteiger partial charge in [-0.1, -0.05) is 87.9 Å². The number of nitrogens with zero attached hydrogens (tertiary/aromatic N) is 2. The highest BCUT2D eigenvalue weighted by Crippen LogP contribution is 2.31. The highest BCUT2D eigenvalue weighted by molar-refractivity contribution is 7.22. The van der Waals surface area contributed by atoms with Crippen molar-refractivity contribution < 1.29 is 0 Å². The second-order valence-corrected chi connectivity index (χ2v) is 8.43. The molecule has 5 heteroatoms. The molecule has 0 bridgehead atoms. The van der Waals surface area contributed by atoms with Crippen LogP contribution in [0, 0.1) is 6.92 Å². The Morgan fingerprint density at radius 3 is 2.41 bits per heavy atom. The smallest absolute Gasteiger partial charge is 0.275 e. The van der Waals surface area contributed by atoms with Crippen molar-refractivity contribution in [1.82, 2.24) is 9.55 Å². The first-order valence-corrected chi connectivity index (χ1v) is 12.5. The molecule has 0 unspecified atom stereocenters. The van der Waals surface area contributed by atoms with E-state index in [0.29, 0.717) is 11.2 Å². The van der Waals surface area contributed by atoms with Gasteiger partial charge in [0.05, 0.1) is 11.2 Å². The molecule has 0 aliphatic rings. The number of hydrogen-bond donors (Lipinski definition) is 1. The van der Waals surface area contributed by atoms with Gasteiger partial charge in [-0.2, -0.15) is 0 Å². The Balaban J connectivity index is 0.000000970. The molecule has 2 heterocycles. The Bertz CT molecular complexity index is 1430. The van der Waals surface area contributed by atoms with Crippen LogP contribution in [-0.2, 0) is 0 Å². The van der Waals surface area contributed by atoms with Crippen LogP contribution in [0.1, 0.15) is 40.2 Å². The first kappa shape index (κ1) is 27.0. The Labute approximate surface area is 206 Å². The molecule has 0 fully saturated rings. The summed E-state index contributed by atoms with van der Waals surface area (Å²) in [7, 11) is 0. The molecule has 0 amide bonds. The summed E-state index contributed by atoms with van der Waals surface area (Å²) in [4.78, 5) is 18.8. The number of aryl methyl sites for hydroxylation is 1. The molecular formula is C29H35N3OS. The Morgan fingerprint density at radius 2 is 1.76 bits per heavy atom. The number of nitrogens with two attached hydrogens (primary N) is 1. The molecule has 0 saturated heterocycles. The summed E-state index contributed by atoms with van der Waals surface area (Å²) in [6.45, 7) is 16.6. The Kier molecular flexibility index (Phi) is 10.2. The zero-order chi connectivity index (χ0) is 25.3. The number of rotatable bonds is 4. The van der Waals surface area contributed by atoms with Gasteiger partial charge in [-0.15, -0.1) is 11.3 Å². The van der Waals surface area contributed by atoms with E-state index in [1.54, 1.807) is 10.9 Å². The normalized spacial score (nSPS) is 11.5. The number of allylic oxidation sites excluding steroid dienone is 1. The monoisotopic (exact) mass is 473 g/mol. The molecule has 0 atom stereocenters. The topological polar surface area (TPSA) is 60.9 Å². The minimum atomic E-state index is -0.0696.